The molecule has 0 spiro atoms. The lowest BCUT2D eigenvalue weighted by Gasteiger charge is -2.46. The molecule has 1 aliphatic carbocycles. The number of benzene rings is 3. The smallest absolute Gasteiger partial charge is 0.300 e. The minimum absolute atomic E-state index is 0.0677. The molecule has 226 valence electrons. The predicted molar refractivity (Wildman–Crippen MR) is 150 cm³/mol. The van der Waals surface area contributed by atoms with Crippen LogP contribution in [0.5, 0.6) is 0 Å². The van der Waals surface area contributed by atoms with Crippen LogP contribution in [-0.2, 0) is 24.2 Å². The number of hydrogen-bond donors (Lipinski definition) is 0. The van der Waals surface area contributed by atoms with Crippen molar-refractivity contribution < 1.29 is 30.7 Å². The molecule has 0 atom stereocenters. The molecule has 1 aliphatic heterocycles. The molecule has 0 unspecified atom stereocenters. The zero-order valence-electron chi connectivity index (χ0n) is 23.5. The highest BCUT2D eigenvalue weighted by molar-refractivity contribution is 5.34. The van der Waals surface area contributed by atoms with Crippen LogP contribution in [0.2, 0.25) is 0 Å². The Hall–Kier alpha value is -2.87. The molecule has 3 aromatic rings. The predicted octanol–water partition coefficient (Wildman–Crippen LogP) is 9.95. The Labute approximate surface area is 242 Å². The molecule has 0 N–H and O–H groups in total. The van der Waals surface area contributed by atoms with E-state index in [1.807, 2.05) is 30.3 Å². The Morgan fingerprint density at radius 1 is 0.714 bits per heavy atom. The topological polar surface area (TPSA) is 3.24 Å². The van der Waals surface area contributed by atoms with Gasteiger partial charge in [0.05, 0.1) is 11.1 Å². The molecule has 42 heavy (non-hydrogen) atoms. The minimum atomic E-state index is -4.84. The molecule has 0 bridgehead atoms. The van der Waals surface area contributed by atoms with Gasteiger partial charge in [-0.25, -0.2) is 4.39 Å². The summed E-state index contributed by atoms with van der Waals surface area (Å²) in [5.74, 6) is 0.212. The average molecular weight is 592 g/mol. The maximum absolute atomic E-state index is 13.4. The molecule has 1 nitrogen and oxygen atoms in total. The normalized spacial score (nSPS) is 22.8. The van der Waals surface area contributed by atoms with Crippen molar-refractivity contribution in [2.24, 2.45) is 0 Å². The van der Waals surface area contributed by atoms with Gasteiger partial charge in [0.2, 0.25) is 0 Å². The van der Waals surface area contributed by atoms with Crippen molar-refractivity contribution in [2.75, 3.05) is 13.1 Å². The summed E-state index contributed by atoms with van der Waals surface area (Å²) < 4.78 is 93.5. The monoisotopic (exact) mass is 591 g/mol. The highest BCUT2D eigenvalue weighted by Crippen LogP contribution is 2.45. The largest absolute Gasteiger partial charge is 0.416 e. The fourth-order valence-corrected chi connectivity index (χ4v) is 7.12. The van der Waals surface area contributed by atoms with Crippen LogP contribution in [0.4, 0.5) is 30.7 Å². The van der Waals surface area contributed by atoms with Gasteiger partial charge in [0.25, 0.3) is 0 Å². The summed E-state index contributed by atoms with van der Waals surface area (Å²) in [6, 6.07) is 19.3. The van der Waals surface area contributed by atoms with Gasteiger partial charge in [0.1, 0.15) is 5.82 Å². The SMILES string of the molecule is Fc1ccc(C2CCN([C@H]3CC[C@@](CCCc4cc(C(F)(F)F)cc(C(F)(F)F)c4)(c4ccccc4)CC3)CC2)cc1. The van der Waals surface area contributed by atoms with Crippen LogP contribution in [-0.4, -0.2) is 24.0 Å². The van der Waals surface area contributed by atoms with Gasteiger partial charge in [-0.05, 0) is 129 Å². The van der Waals surface area contributed by atoms with Crippen LogP contribution >= 0.6 is 0 Å². The number of alkyl halides is 6. The lowest BCUT2D eigenvalue weighted by Crippen LogP contribution is -2.45. The molecule has 0 amide bonds. The second kappa shape index (κ2) is 12.4. The van der Waals surface area contributed by atoms with Gasteiger partial charge in [0, 0.05) is 6.04 Å². The first-order valence-electron chi connectivity index (χ1n) is 14.8. The summed E-state index contributed by atoms with van der Waals surface area (Å²) in [6.45, 7) is 1.98. The van der Waals surface area contributed by atoms with Crippen molar-refractivity contribution in [2.45, 2.75) is 87.5 Å². The lowest BCUT2D eigenvalue weighted by molar-refractivity contribution is -0.143. The summed E-state index contributed by atoms with van der Waals surface area (Å²) in [5, 5.41) is 0. The van der Waals surface area contributed by atoms with E-state index in [9.17, 15) is 30.7 Å². The maximum Gasteiger partial charge on any atom is 0.416 e. The first-order chi connectivity index (χ1) is 19.9. The fourth-order valence-electron chi connectivity index (χ4n) is 7.12. The summed E-state index contributed by atoms with van der Waals surface area (Å²) in [6.07, 6.45) is -2.41. The first kappa shape index (κ1) is 30.6. The number of hydrogen-bond acceptors (Lipinski definition) is 1. The third kappa shape index (κ3) is 7.19. The Morgan fingerprint density at radius 3 is 1.83 bits per heavy atom. The second-order valence-corrected chi connectivity index (χ2v) is 12.0. The van der Waals surface area contributed by atoms with Crippen LogP contribution in [0.15, 0.2) is 72.8 Å². The first-order valence-corrected chi connectivity index (χ1v) is 14.8. The standard InChI is InChI=1S/C34H36F7N/c35-30-10-8-25(9-11-30)26-14-19-42(20-15-26)31-12-17-32(18-13-31,27-6-2-1-3-7-27)16-4-5-24-21-28(33(36,37)38)23-29(22-24)34(39,40)41/h1-3,6-11,21-23,26,31H,4-5,12-20H2/t31-,32+. The van der Waals surface area contributed by atoms with Gasteiger partial charge in [0.15, 0.2) is 0 Å². The van der Waals surface area contributed by atoms with E-state index in [0.29, 0.717) is 24.8 Å². The third-order valence-electron chi connectivity index (χ3n) is 9.45. The number of piperidine rings is 1. The molecule has 2 fully saturated rings. The zero-order valence-corrected chi connectivity index (χ0v) is 23.5. The Morgan fingerprint density at radius 2 is 1.29 bits per heavy atom. The zero-order chi connectivity index (χ0) is 30.0. The van der Waals surface area contributed by atoms with Crippen molar-refractivity contribution in [1.82, 2.24) is 4.90 Å². The molecular weight excluding hydrogens is 555 g/mol. The third-order valence-corrected chi connectivity index (χ3v) is 9.45. The summed E-state index contributed by atoms with van der Waals surface area (Å²) in [5.41, 5.74) is -0.219. The van der Waals surface area contributed by atoms with Crippen molar-refractivity contribution >= 4 is 0 Å². The fraction of sp³-hybridized carbons (Fsp3) is 0.471. The van der Waals surface area contributed by atoms with Gasteiger partial charge < -0.3 is 4.90 Å². The highest BCUT2D eigenvalue weighted by Gasteiger charge is 2.40. The number of likely N-dealkylation sites (tertiary alicyclic amines) is 1. The Bertz CT molecular complexity index is 1270. The van der Waals surface area contributed by atoms with E-state index in [1.54, 1.807) is 0 Å². The average Bonchev–Trinajstić information content (AvgIpc) is 2.97. The van der Waals surface area contributed by atoms with E-state index >= 15 is 0 Å². The summed E-state index contributed by atoms with van der Waals surface area (Å²) in [7, 11) is 0. The summed E-state index contributed by atoms with van der Waals surface area (Å²) >= 11 is 0. The Balaban J connectivity index is 1.24. The number of nitrogens with zero attached hydrogens (tertiary/aromatic N) is 1. The van der Waals surface area contributed by atoms with Crippen molar-refractivity contribution in [3.05, 3.63) is 106 Å². The molecule has 2 aliphatic rings. The molecular formula is C34H36F7N. The molecule has 1 saturated carbocycles. The van der Waals surface area contributed by atoms with Crippen molar-refractivity contribution in [3.8, 4) is 0 Å². The minimum Gasteiger partial charge on any atom is -0.300 e. The lowest BCUT2D eigenvalue weighted by atomic mass is 9.65. The van der Waals surface area contributed by atoms with Gasteiger partial charge >= 0.3 is 12.4 Å². The molecule has 3 aromatic carbocycles. The number of rotatable bonds is 7. The second-order valence-electron chi connectivity index (χ2n) is 12.0. The van der Waals surface area contributed by atoms with Crippen LogP contribution in [0.3, 0.4) is 0 Å². The van der Waals surface area contributed by atoms with E-state index in [0.717, 1.165) is 63.7 Å². The quantitative estimate of drug-likeness (QED) is 0.247. The molecule has 1 heterocycles. The summed E-state index contributed by atoms with van der Waals surface area (Å²) in [4.78, 5) is 2.57. The van der Waals surface area contributed by atoms with E-state index < -0.39 is 23.5 Å². The molecule has 0 radical (unpaired) electrons. The number of aryl methyl sites for hydroxylation is 1. The molecule has 1 saturated heterocycles. The molecule has 5 rings (SSSR count). The van der Waals surface area contributed by atoms with Crippen molar-refractivity contribution in [1.29, 1.82) is 0 Å². The van der Waals surface area contributed by atoms with Gasteiger partial charge in [-0.15, -0.1) is 0 Å². The van der Waals surface area contributed by atoms with E-state index in [1.165, 1.54) is 23.3 Å². The van der Waals surface area contributed by atoms with Gasteiger partial charge in [-0.2, -0.15) is 26.3 Å². The number of halogens is 7. The van der Waals surface area contributed by atoms with Crippen molar-refractivity contribution in [3.63, 3.8) is 0 Å². The highest BCUT2D eigenvalue weighted by atomic mass is 19.4. The van der Waals surface area contributed by atoms with E-state index in [4.69, 9.17) is 0 Å². The van der Waals surface area contributed by atoms with Crippen LogP contribution in [0.25, 0.3) is 0 Å². The maximum atomic E-state index is 13.4. The van der Waals surface area contributed by atoms with Crippen LogP contribution in [0, 0.1) is 5.82 Å². The van der Waals surface area contributed by atoms with Gasteiger partial charge in [-0.1, -0.05) is 42.5 Å². The van der Waals surface area contributed by atoms with Crippen LogP contribution < -0.4 is 0 Å². The molecule has 0 aromatic heterocycles. The van der Waals surface area contributed by atoms with E-state index in [2.05, 4.69) is 17.0 Å². The Kier molecular flexibility index (Phi) is 9.02. The van der Waals surface area contributed by atoms with Gasteiger partial charge in [-0.3, -0.25) is 0 Å². The van der Waals surface area contributed by atoms with E-state index in [-0.39, 0.29) is 29.3 Å². The molecule has 8 heteroatoms. The van der Waals surface area contributed by atoms with Crippen LogP contribution in [0.1, 0.15) is 85.1 Å².